The smallest absolute Gasteiger partial charge is 0.323 e. The normalized spacial score (nSPS) is 27.9. The van der Waals surface area contributed by atoms with Crippen molar-refractivity contribution in [3.8, 4) is 0 Å². The first kappa shape index (κ1) is 15.4. The van der Waals surface area contributed by atoms with Crippen molar-refractivity contribution in [2.75, 3.05) is 20.1 Å². The van der Waals surface area contributed by atoms with Gasteiger partial charge in [-0.2, -0.15) is 0 Å². The summed E-state index contributed by atoms with van der Waals surface area (Å²) in [7, 11) is 2.12. The number of carbonyl (C=O) groups is 1. The molecule has 2 unspecified atom stereocenters. The van der Waals surface area contributed by atoms with E-state index in [4.69, 9.17) is 0 Å². The van der Waals surface area contributed by atoms with Crippen molar-refractivity contribution in [3.63, 3.8) is 0 Å². The zero-order valence-electron chi connectivity index (χ0n) is 12.0. The monoisotopic (exact) mass is 256 g/mol. The molecule has 1 aliphatic carbocycles. The van der Waals surface area contributed by atoms with Gasteiger partial charge < -0.3 is 15.3 Å². The summed E-state index contributed by atoms with van der Waals surface area (Å²) in [5.74, 6) is -0.678. The van der Waals surface area contributed by atoms with Crippen LogP contribution in [0.4, 0.5) is 0 Å². The molecule has 0 radical (unpaired) electrons. The summed E-state index contributed by atoms with van der Waals surface area (Å²) in [6, 6.07) is 0.414. The average molecular weight is 256 g/mol. The van der Waals surface area contributed by atoms with Gasteiger partial charge in [0.1, 0.15) is 5.54 Å². The molecule has 0 aromatic carbocycles. The van der Waals surface area contributed by atoms with Crippen LogP contribution in [0.3, 0.4) is 0 Å². The maximum absolute atomic E-state index is 11.5. The molecule has 0 amide bonds. The molecule has 1 fully saturated rings. The molecule has 0 saturated heterocycles. The van der Waals surface area contributed by atoms with Crippen molar-refractivity contribution in [1.82, 2.24) is 10.2 Å². The zero-order chi connectivity index (χ0) is 13.6. The summed E-state index contributed by atoms with van der Waals surface area (Å²) in [6.07, 6.45) is 5.84. The van der Waals surface area contributed by atoms with Crippen molar-refractivity contribution in [2.24, 2.45) is 0 Å². The summed E-state index contributed by atoms with van der Waals surface area (Å²) >= 11 is 0. The molecule has 18 heavy (non-hydrogen) atoms. The molecule has 2 N–H and O–H groups in total. The highest BCUT2D eigenvalue weighted by atomic mass is 16.4. The van der Waals surface area contributed by atoms with Crippen molar-refractivity contribution < 1.29 is 9.90 Å². The second-order valence-electron chi connectivity index (χ2n) is 5.54. The Hall–Kier alpha value is -0.610. The van der Waals surface area contributed by atoms with E-state index in [9.17, 15) is 9.90 Å². The highest BCUT2D eigenvalue weighted by Gasteiger charge is 2.45. The molecule has 2 atom stereocenters. The van der Waals surface area contributed by atoms with Gasteiger partial charge in [0.05, 0.1) is 0 Å². The van der Waals surface area contributed by atoms with Gasteiger partial charge in [0, 0.05) is 6.04 Å². The maximum atomic E-state index is 11.5. The molecule has 0 heterocycles. The van der Waals surface area contributed by atoms with Crippen molar-refractivity contribution in [3.05, 3.63) is 0 Å². The lowest BCUT2D eigenvalue weighted by atomic mass is 9.97. The highest BCUT2D eigenvalue weighted by Crippen LogP contribution is 2.33. The van der Waals surface area contributed by atoms with E-state index in [1.54, 1.807) is 0 Å². The predicted octanol–water partition coefficient (Wildman–Crippen LogP) is 2.09. The standard InChI is InChI=1S/C14H28N2O2/c1-4-6-10-16(3)12-7-8-14(11-12,13(17)18)15-9-5-2/h12,15H,4-11H2,1-3H3,(H,17,18). The number of unbranched alkanes of at least 4 members (excludes halogenated alkanes) is 1. The number of hydrogen-bond acceptors (Lipinski definition) is 3. The molecule has 0 bridgehead atoms. The molecule has 1 rings (SSSR count). The van der Waals surface area contributed by atoms with E-state index in [2.05, 4.69) is 31.1 Å². The molecule has 4 heteroatoms. The number of hydrogen-bond donors (Lipinski definition) is 2. The van der Waals surface area contributed by atoms with E-state index in [0.29, 0.717) is 6.04 Å². The largest absolute Gasteiger partial charge is 0.480 e. The van der Waals surface area contributed by atoms with Gasteiger partial charge in [-0.25, -0.2) is 0 Å². The highest BCUT2D eigenvalue weighted by molar-refractivity contribution is 5.79. The lowest BCUT2D eigenvalue weighted by molar-refractivity contribution is -0.144. The average Bonchev–Trinajstić information content (AvgIpc) is 2.79. The lowest BCUT2D eigenvalue weighted by Crippen LogP contribution is -2.51. The van der Waals surface area contributed by atoms with E-state index in [1.807, 2.05) is 0 Å². The van der Waals surface area contributed by atoms with Gasteiger partial charge >= 0.3 is 5.97 Å². The molecular weight excluding hydrogens is 228 g/mol. The molecule has 0 aliphatic heterocycles. The first-order chi connectivity index (χ1) is 8.55. The van der Waals surface area contributed by atoms with Crippen LogP contribution >= 0.6 is 0 Å². The van der Waals surface area contributed by atoms with Crippen LogP contribution < -0.4 is 5.32 Å². The molecule has 0 aromatic heterocycles. The molecule has 4 nitrogen and oxygen atoms in total. The summed E-state index contributed by atoms with van der Waals surface area (Å²) < 4.78 is 0. The molecule has 106 valence electrons. The quantitative estimate of drug-likeness (QED) is 0.698. The summed E-state index contributed by atoms with van der Waals surface area (Å²) in [4.78, 5) is 13.9. The van der Waals surface area contributed by atoms with Crippen LogP contribution in [0.5, 0.6) is 0 Å². The fourth-order valence-corrected chi connectivity index (χ4v) is 2.78. The Kier molecular flexibility index (Phi) is 6.09. The van der Waals surface area contributed by atoms with Crippen LogP contribution in [-0.2, 0) is 4.79 Å². The molecular formula is C14H28N2O2. The van der Waals surface area contributed by atoms with Gasteiger partial charge in [-0.3, -0.25) is 4.79 Å². The lowest BCUT2D eigenvalue weighted by Gasteiger charge is -2.28. The van der Waals surface area contributed by atoms with Gasteiger partial charge in [0.2, 0.25) is 0 Å². The molecule has 0 aromatic rings. The van der Waals surface area contributed by atoms with E-state index in [0.717, 1.165) is 38.8 Å². The van der Waals surface area contributed by atoms with Crippen LogP contribution in [0.1, 0.15) is 52.4 Å². The maximum Gasteiger partial charge on any atom is 0.323 e. The number of nitrogens with zero attached hydrogens (tertiary/aromatic N) is 1. The number of rotatable bonds is 8. The second kappa shape index (κ2) is 7.10. The van der Waals surface area contributed by atoms with Crippen LogP contribution in [0.2, 0.25) is 0 Å². The number of carboxylic acid groups (broad SMARTS) is 1. The van der Waals surface area contributed by atoms with Crippen LogP contribution in [0.15, 0.2) is 0 Å². The van der Waals surface area contributed by atoms with Crippen molar-refractivity contribution >= 4 is 5.97 Å². The third-order valence-corrected chi connectivity index (χ3v) is 4.10. The Morgan fingerprint density at radius 1 is 1.44 bits per heavy atom. The van der Waals surface area contributed by atoms with Crippen LogP contribution in [0.25, 0.3) is 0 Å². The summed E-state index contributed by atoms with van der Waals surface area (Å²) in [5, 5.41) is 12.7. The fourth-order valence-electron chi connectivity index (χ4n) is 2.78. The third kappa shape index (κ3) is 3.69. The van der Waals surface area contributed by atoms with Crippen LogP contribution in [0, 0.1) is 0 Å². The van der Waals surface area contributed by atoms with Crippen molar-refractivity contribution in [2.45, 2.75) is 64.0 Å². The molecule has 1 aliphatic rings. The minimum atomic E-state index is -0.679. The van der Waals surface area contributed by atoms with Gasteiger partial charge in [0.25, 0.3) is 0 Å². The Bertz CT molecular complexity index is 271. The Morgan fingerprint density at radius 2 is 2.17 bits per heavy atom. The van der Waals surface area contributed by atoms with Crippen LogP contribution in [-0.4, -0.2) is 47.7 Å². The first-order valence-electron chi connectivity index (χ1n) is 7.24. The van der Waals surface area contributed by atoms with Gasteiger partial charge in [0.15, 0.2) is 0 Å². The zero-order valence-corrected chi connectivity index (χ0v) is 12.0. The number of aliphatic carboxylic acids is 1. The summed E-state index contributed by atoms with van der Waals surface area (Å²) in [6.45, 7) is 6.12. The van der Waals surface area contributed by atoms with Crippen molar-refractivity contribution in [1.29, 1.82) is 0 Å². The van der Waals surface area contributed by atoms with Gasteiger partial charge in [-0.15, -0.1) is 0 Å². The van der Waals surface area contributed by atoms with E-state index in [-0.39, 0.29) is 0 Å². The first-order valence-corrected chi connectivity index (χ1v) is 7.24. The number of nitrogens with one attached hydrogen (secondary N) is 1. The Morgan fingerprint density at radius 3 is 2.72 bits per heavy atom. The predicted molar refractivity (Wildman–Crippen MR) is 73.8 cm³/mol. The SMILES string of the molecule is CCCCN(C)C1CCC(NCCC)(C(=O)O)C1. The Labute approximate surface area is 111 Å². The minimum Gasteiger partial charge on any atom is -0.480 e. The van der Waals surface area contributed by atoms with E-state index in [1.165, 1.54) is 12.8 Å². The molecule has 1 saturated carbocycles. The van der Waals surface area contributed by atoms with Gasteiger partial charge in [-0.05, 0) is 52.2 Å². The van der Waals surface area contributed by atoms with Gasteiger partial charge in [-0.1, -0.05) is 20.3 Å². The summed E-state index contributed by atoms with van der Waals surface area (Å²) in [5.41, 5.74) is -0.679. The third-order valence-electron chi connectivity index (χ3n) is 4.10. The topological polar surface area (TPSA) is 52.6 Å². The van der Waals surface area contributed by atoms with E-state index >= 15 is 0 Å². The Balaban J connectivity index is 2.56. The molecule has 0 spiro atoms. The number of carboxylic acids is 1. The second-order valence-corrected chi connectivity index (χ2v) is 5.54. The minimum absolute atomic E-state index is 0.414. The fraction of sp³-hybridized carbons (Fsp3) is 0.929. The van der Waals surface area contributed by atoms with E-state index < -0.39 is 11.5 Å².